The van der Waals surface area contributed by atoms with E-state index in [1.807, 2.05) is 0 Å². The number of carbonyl (C=O) groups is 2. The third kappa shape index (κ3) is 2.13. The smallest absolute Gasteiger partial charge is 0.410 e. The molecule has 1 N–H and O–H groups in total. The number of nitrogens with one attached hydrogen (secondary N) is 1. The van der Waals surface area contributed by atoms with Crippen LogP contribution in [0, 0.1) is 5.82 Å². The highest BCUT2D eigenvalue weighted by atomic mass is 19.1. The van der Waals surface area contributed by atoms with Crippen molar-refractivity contribution < 1.29 is 18.7 Å². The molecule has 1 fully saturated rings. The van der Waals surface area contributed by atoms with Gasteiger partial charge in [0.15, 0.2) is 0 Å². The Morgan fingerprint density at radius 3 is 2.89 bits per heavy atom. The molecular weight excluding hydrogens is 239 g/mol. The van der Waals surface area contributed by atoms with E-state index in [4.69, 9.17) is 0 Å². The first-order valence-corrected chi connectivity index (χ1v) is 5.52. The number of benzene rings is 1. The van der Waals surface area contributed by atoms with Crippen LogP contribution in [0.5, 0.6) is 0 Å². The first-order valence-electron chi connectivity index (χ1n) is 5.52. The molecule has 0 spiro atoms. The van der Waals surface area contributed by atoms with Crippen LogP contribution in [0.15, 0.2) is 24.3 Å². The second kappa shape index (κ2) is 5.03. The van der Waals surface area contributed by atoms with E-state index in [1.165, 1.54) is 30.2 Å². The standard InChI is InChI=1S/C12H13FN2O3/c1-18-12(17)15-7-6-14-11(16)10(15)8-4-2-3-5-9(8)13/h2-5,10H,6-7H2,1H3,(H,14,16). The fourth-order valence-electron chi connectivity index (χ4n) is 1.99. The van der Waals surface area contributed by atoms with Gasteiger partial charge in [-0.05, 0) is 6.07 Å². The van der Waals surface area contributed by atoms with Crippen molar-refractivity contribution >= 4 is 12.0 Å². The average molecular weight is 252 g/mol. The summed E-state index contributed by atoms with van der Waals surface area (Å²) >= 11 is 0. The monoisotopic (exact) mass is 252 g/mol. The van der Waals surface area contributed by atoms with Crippen molar-refractivity contribution in [3.63, 3.8) is 0 Å². The van der Waals surface area contributed by atoms with E-state index >= 15 is 0 Å². The molecule has 1 atom stereocenters. The van der Waals surface area contributed by atoms with Gasteiger partial charge in [-0.3, -0.25) is 9.69 Å². The van der Waals surface area contributed by atoms with Crippen LogP contribution in [0.3, 0.4) is 0 Å². The second-order valence-electron chi connectivity index (χ2n) is 3.88. The highest BCUT2D eigenvalue weighted by Gasteiger charge is 2.36. The average Bonchev–Trinajstić information content (AvgIpc) is 2.39. The Hall–Kier alpha value is -2.11. The van der Waals surface area contributed by atoms with E-state index in [0.717, 1.165) is 0 Å². The van der Waals surface area contributed by atoms with Crippen molar-refractivity contribution in [2.24, 2.45) is 0 Å². The molecule has 2 rings (SSSR count). The van der Waals surface area contributed by atoms with Crippen molar-refractivity contribution in [3.8, 4) is 0 Å². The number of amides is 2. The van der Waals surface area contributed by atoms with E-state index in [9.17, 15) is 14.0 Å². The van der Waals surface area contributed by atoms with Crippen LogP contribution in [-0.4, -0.2) is 37.1 Å². The Morgan fingerprint density at radius 2 is 2.22 bits per heavy atom. The molecule has 0 aliphatic carbocycles. The van der Waals surface area contributed by atoms with E-state index in [-0.39, 0.29) is 12.1 Å². The minimum Gasteiger partial charge on any atom is -0.453 e. The molecule has 0 radical (unpaired) electrons. The summed E-state index contributed by atoms with van der Waals surface area (Å²) in [6.45, 7) is 0.621. The van der Waals surface area contributed by atoms with Gasteiger partial charge in [-0.1, -0.05) is 18.2 Å². The van der Waals surface area contributed by atoms with Crippen LogP contribution in [-0.2, 0) is 9.53 Å². The summed E-state index contributed by atoms with van der Waals surface area (Å²) in [6, 6.07) is 4.91. The maximum Gasteiger partial charge on any atom is 0.410 e. The summed E-state index contributed by atoms with van der Waals surface area (Å²) < 4.78 is 18.3. The van der Waals surface area contributed by atoms with Gasteiger partial charge in [0, 0.05) is 18.7 Å². The van der Waals surface area contributed by atoms with Crippen LogP contribution >= 0.6 is 0 Å². The zero-order valence-electron chi connectivity index (χ0n) is 9.85. The van der Waals surface area contributed by atoms with Crippen molar-refractivity contribution in [1.29, 1.82) is 0 Å². The Kier molecular flexibility index (Phi) is 3.45. The van der Waals surface area contributed by atoms with Gasteiger partial charge in [-0.2, -0.15) is 0 Å². The Balaban J connectivity index is 2.39. The lowest BCUT2D eigenvalue weighted by Gasteiger charge is -2.34. The number of ether oxygens (including phenoxy) is 1. The summed E-state index contributed by atoms with van der Waals surface area (Å²) in [7, 11) is 1.23. The largest absolute Gasteiger partial charge is 0.453 e. The first-order chi connectivity index (χ1) is 8.65. The van der Waals surface area contributed by atoms with Crippen LogP contribution in [0.2, 0.25) is 0 Å². The van der Waals surface area contributed by atoms with Gasteiger partial charge in [0.05, 0.1) is 7.11 Å². The number of hydrogen-bond acceptors (Lipinski definition) is 3. The lowest BCUT2D eigenvalue weighted by molar-refractivity contribution is -0.128. The molecule has 96 valence electrons. The number of carbonyl (C=O) groups excluding carboxylic acids is 2. The third-order valence-electron chi connectivity index (χ3n) is 2.82. The van der Waals surface area contributed by atoms with E-state index < -0.39 is 23.9 Å². The zero-order valence-corrected chi connectivity index (χ0v) is 9.85. The van der Waals surface area contributed by atoms with Gasteiger partial charge in [-0.25, -0.2) is 9.18 Å². The SMILES string of the molecule is COC(=O)N1CCNC(=O)C1c1ccccc1F. The second-order valence-corrected chi connectivity index (χ2v) is 3.88. The number of methoxy groups -OCH3 is 1. The van der Waals surface area contributed by atoms with E-state index in [1.54, 1.807) is 6.07 Å². The topological polar surface area (TPSA) is 58.6 Å². The van der Waals surface area contributed by atoms with Crippen molar-refractivity contribution in [2.45, 2.75) is 6.04 Å². The lowest BCUT2D eigenvalue weighted by Crippen LogP contribution is -2.52. The van der Waals surface area contributed by atoms with Crippen molar-refractivity contribution in [2.75, 3.05) is 20.2 Å². The quantitative estimate of drug-likeness (QED) is 0.813. The molecule has 6 heteroatoms. The molecule has 1 aromatic carbocycles. The molecule has 18 heavy (non-hydrogen) atoms. The van der Waals surface area contributed by atoms with Gasteiger partial charge in [-0.15, -0.1) is 0 Å². The van der Waals surface area contributed by atoms with Gasteiger partial charge >= 0.3 is 6.09 Å². The molecule has 2 amide bonds. The number of piperazine rings is 1. The molecule has 1 heterocycles. The normalized spacial score (nSPS) is 19.3. The molecule has 0 bridgehead atoms. The highest BCUT2D eigenvalue weighted by molar-refractivity contribution is 5.88. The molecule has 1 aromatic rings. The first kappa shape index (κ1) is 12.3. The predicted octanol–water partition coefficient (Wildman–Crippen LogP) is 1.06. The van der Waals surface area contributed by atoms with Crippen LogP contribution in [0.1, 0.15) is 11.6 Å². The maximum absolute atomic E-state index is 13.7. The minimum absolute atomic E-state index is 0.167. The van der Waals surface area contributed by atoms with E-state index in [0.29, 0.717) is 6.54 Å². The highest BCUT2D eigenvalue weighted by Crippen LogP contribution is 2.25. The molecule has 1 aliphatic rings. The number of halogens is 1. The molecule has 5 nitrogen and oxygen atoms in total. The third-order valence-corrected chi connectivity index (χ3v) is 2.82. The van der Waals surface area contributed by atoms with Crippen LogP contribution in [0.25, 0.3) is 0 Å². The molecular formula is C12H13FN2O3. The van der Waals surface area contributed by atoms with Crippen molar-refractivity contribution in [3.05, 3.63) is 35.6 Å². The van der Waals surface area contributed by atoms with Gasteiger partial charge in [0.1, 0.15) is 11.9 Å². The minimum atomic E-state index is -0.979. The van der Waals surface area contributed by atoms with Gasteiger partial charge in [0.2, 0.25) is 5.91 Å². The molecule has 0 aromatic heterocycles. The number of hydrogen-bond donors (Lipinski definition) is 1. The number of rotatable bonds is 1. The fraction of sp³-hybridized carbons (Fsp3) is 0.333. The number of nitrogens with zero attached hydrogens (tertiary/aromatic N) is 1. The summed E-state index contributed by atoms with van der Waals surface area (Å²) in [5.74, 6) is -0.926. The summed E-state index contributed by atoms with van der Waals surface area (Å²) in [5, 5.41) is 2.61. The zero-order chi connectivity index (χ0) is 13.1. The maximum atomic E-state index is 13.7. The lowest BCUT2D eigenvalue weighted by atomic mass is 10.0. The van der Waals surface area contributed by atoms with E-state index in [2.05, 4.69) is 10.1 Å². The Labute approximate surface area is 104 Å². The van der Waals surface area contributed by atoms with Crippen LogP contribution < -0.4 is 5.32 Å². The Bertz CT molecular complexity index is 478. The summed E-state index contributed by atoms with van der Waals surface area (Å²) in [5.41, 5.74) is 0.167. The summed E-state index contributed by atoms with van der Waals surface area (Å²) in [6.07, 6.45) is -0.641. The molecule has 0 saturated carbocycles. The molecule has 1 saturated heterocycles. The van der Waals surface area contributed by atoms with Crippen molar-refractivity contribution in [1.82, 2.24) is 10.2 Å². The Morgan fingerprint density at radius 1 is 1.50 bits per heavy atom. The van der Waals surface area contributed by atoms with Gasteiger partial charge < -0.3 is 10.1 Å². The van der Waals surface area contributed by atoms with Crippen LogP contribution in [0.4, 0.5) is 9.18 Å². The molecule has 1 aliphatic heterocycles. The molecule has 1 unspecified atom stereocenters. The predicted molar refractivity (Wildman–Crippen MR) is 61.3 cm³/mol. The van der Waals surface area contributed by atoms with Gasteiger partial charge in [0.25, 0.3) is 0 Å². The fourth-order valence-corrected chi connectivity index (χ4v) is 1.99. The summed E-state index contributed by atoms with van der Waals surface area (Å²) in [4.78, 5) is 24.7.